The highest BCUT2D eigenvalue weighted by Crippen LogP contribution is 2.51. The highest BCUT2D eigenvalue weighted by molar-refractivity contribution is 6.32. The number of aromatic hydroxyl groups is 6. The number of nitrogens with one attached hydrogen (secondary N) is 8. The Hall–Kier alpha value is -10.6. The summed E-state index contributed by atoms with van der Waals surface area (Å²) in [5, 5.41) is 119. The van der Waals surface area contributed by atoms with Gasteiger partial charge in [0.25, 0.3) is 0 Å². The third-order valence-electron chi connectivity index (χ3n) is 20.2. The summed E-state index contributed by atoms with van der Waals surface area (Å²) in [6, 6.07) is 6.67. The number of phenols is 6. The Bertz CT molecular complexity index is 4680. The Morgan fingerprint density at radius 3 is 1.68 bits per heavy atom. The molecule has 13 rings (SSSR count). The molecular weight excluding hydrogens is 1470 g/mol. The van der Waals surface area contributed by atoms with Crippen molar-refractivity contribution in [1.29, 1.82) is 0 Å². The van der Waals surface area contributed by atoms with E-state index in [4.69, 9.17) is 43.1 Å². The van der Waals surface area contributed by atoms with Crippen LogP contribution in [-0.4, -0.2) is 165 Å². The summed E-state index contributed by atoms with van der Waals surface area (Å²) >= 11 is 14.0. The molecule has 0 aliphatic carbocycles. The monoisotopic (exact) mass is 1570 g/mol. The first-order chi connectivity index (χ1) is 53.0. The number of carbonyl (C=O) groups is 7. The molecule has 0 saturated carbocycles. The molecule has 6 aliphatic heterocycles. The number of carbonyl (C=O) groups excluding carboxylic acids is 7. The van der Waals surface area contributed by atoms with E-state index in [-0.39, 0.29) is 90.6 Å². The largest absolute Gasteiger partial charge is 0.508 e. The van der Waals surface area contributed by atoms with Crippen LogP contribution in [0.4, 0.5) is 0 Å². The minimum Gasteiger partial charge on any atom is -0.508 e. The number of aliphatic hydroxyl groups excluding tert-OH is 2. The standard InChI is InChI=1S/C80H93Cl2N11O18/c1-6-7-8-9-10-11-12-13-14-29-93(4,5)30-17-26-84-40-50-55(97)39-49-62(72(50)100)61-48(18-15-19-54(61)96)66-78(106)91-69(80(108)89-67(49)75(103)85-27-16-28-92(2)3)71(99)43-22-25-57(52(82)34-43)111-60-37-45-36-59(73(60)101)110-56-24-21-42(33-51(56)81)70(98)68-79(107)87-64(76(104)86-65(45)77(105)88-66)44-31-46(94)38-47(32-44)109-58-35-41(20-23-53(58)95)63(83)74(102)90-68/h15,18-25,31-39,63-71,84,98-99H,6-14,16-17,26-30,40,83H2,1-5H3,(H12-,85,86,87,88,89,90,91,94,95,96,97,100,101,102,103,104,105,106,107,108)/p+1. The van der Waals surface area contributed by atoms with Gasteiger partial charge >= 0.3 is 0 Å². The number of amides is 7. The van der Waals surface area contributed by atoms with Gasteiger partial charge in [0.2, 0.25) is 47.1 Å². The van der Waals surface area contributed by atoms with Crippen LogP contribution in [0.1, 0.15) is 164 Å². The Labute approximate surface area is 651 Å². The molecule has 7 amide bonds. The van der Waals surface area contributed by atoms with E-state index in [1.165, 1.54) is 118 Å². The number of unbranched alkanes of at least 4 members (excludes halogenated alkanes) is 8. The summed E-state index contributed by atoms with van der Waals surface area (Å²) < 4.78 is 19.4. The Morgan fingerprint density at radius 2 is 1.05 bits per heavy atom. The third kappa shape index (κ3) is 19.1. The van der Waals surface area contributed by atoms with Crippen LogP contribution < -0.4 is 62.5 Å². The van der Waals surface area contributed by atoms with Crippen molar-refractivity contribution in [2.45, 2.75) is 139 Å². The lowest BCUT2D eigenvalue weighted by atomic mass is 9.85. The van der Waals surface area contributed by atoms with Crippen LogP contribution in [0, 0.1) is 0 Å². The average Bonchev–Trinajstić information content (AvgIpc) is 1.67. The van der Waals surface area contributed by atoms with Crippen LogP contribution in [0.15, 0.2) is 109 Å². The Kier molecular flexibility index (Phi) is 26.1. The van der Waals surface area contributed by atoms with Gasteiger partial charge in [-0.05, 0) is 152 Å². The van der Waals surface area contributed by atoms with Crippen molar-refractivity contribution < 1.29 is 93.1 Å². The predicted molar refractivity (Wildman–Crippen MR) is 410 cm³/mol. The zero-order valence-electron chi connectivity index (χ0n) is 62.0. The fraction of sp³-hybridized carbons (Fsp3) is 0.388. The molecule has 0 spiro atoms. The molecule has 590 valence electrons. The van der Waals surface area contributed by atoms with Gasteiger partial charge in [-0.2, -0.15) is 0 Å². The van der Waals surface area contributed by atoms with E-state index in [9.17, 15) is 45.6 Å². The molecule has 0 fully saturated rings. The van der Waals surface area contributed by atoms with Crippen molar-refractivity contribution in [1.82, 2.24) is 47.4 Å². The topological polar surface area (TPSA) is 435 Å². The van der Waals surface area contributed by atoms with E-state index >= 15 is 28.8 Å². The number of nitrogens with two attached hydrogens (primary N) is 1. The molecule has 0 radical (unpaired) electrons. The zero-order valence-corrected chi connectivity index (χ0v) is 63.5. The predicted octanol–water partition coefficient (Wildman–Crippen LogP) is 8.55. The van der Waals surface area contributed by atoms with Crippen molar-refractivity contribution in [2.24, 2.45) is 5.73 Å². The smallest absolute Gasteiger partial charge is 0.248 e. The Morgan fingerprint density at radius 1 is 0.505 bits per heavy atom. The van der Waals surface area contributed by atoms with E-state index in [0.29, 0.717) is 25.9 Å². The number of fused-ring (bicyclic) bond motifs is 13. The van der Waals surface area contributed by atoms with Gasteiger partial charge in [0.05, 0.1) is 42.8 Å². The fourth-order valence-electron chi connectivity index (χ4n) is 14.1. The fourth-order valence-corrected chi connectivity index (χ4v) is 14.6. The van der Waals surface area contributed by atoms with E-state index in [1.807, 2.05) is 19.0 Å². The summed E-state index contributed by atoms with van der Waals surface area (Å²) in [5.74, 6) is -14.8. The number of quaternary nitrogens is 1. The zero-order chi connectivity index (χ0) is 79.7. The number of nitrogens with zero attached hydrogens (tertiary/aromatic N) is 2. The van der Waals surface area contributed by atoms with E-state index in [1.54, 1.807) is 0 Å². The van der Waals surface area contributed by atoms with Crippen LogP contribution >= 0.6 is 23.2 Å². The number of rotatable bonds is 21. The molecule has 0 aromatic heterocycles. The first-order valence-electron chi connectivity index (χ1n) is 36.9. The van der Waals surface area contributed by atoms with Crippen LogP contribution in [0.25, 0.3) is 11.1 Å². The number of ether oxygens (including phenoxy) is 3. The number of benzene rings is 7. The second-order valence-corrected chi connectivity index (χ2v) is 30.1. The first-order valence-corrected chi connectivity index (χ1v) is 37.7. The normalized spacial score (nSPS) is 20.5. The van der Waals surface area contributed by atoms with E-state index < -0.39 is 153 Å². The quantitative estimate of drug-likeness (QED) is 0.0236. The van der Waals surface area contributed by atoms with Crippen LogP contribution in [0.3, 0.4) is 0 Å². The maximum Gasteiger partial charge on any atom is 0.248 e. The van der Waals surface area contributed by atoms with Gasteiger partial charge in [-0.25, -0.2) is 0 Å². The number of hydrogen-bond donors (Lipinski definition) is 17. The van der Waals surface area contributed by atoms with E-state index in [0.717, 1.165) is 66.8 Å². The molecule has 9 atom stereocenters. The highest BCUT2D eigenvalue weighted by atomic mass is 35.5. The molecule has 9 unspecified atom stereocenters. The number of aliphatic hydroxyl groups is 2. The molecule has 29 nitrogen and oxygen atoms in total. The van der Waals surface area contributed by atoms with Crippen LogP contribution in [0.5, 0.6) is 69.0 Å². The number of halogens is 2. The van der Waals surface area contributed by atoms with Crippen molar-refractivity contribution in [3.05, 3.63) is 164 Å². The summed E-state index contributed by atoms with van der Waals surface area (Å²) in [5.41, 5.74) is 3.75. The minimum absolute atomic E-state index is 0.0132. The lowest BCUT2D eigenvalue weighted by Gasteiger charge is -2.31. The molecule has 111 heavy (non-hydrogen) atoms. The maximum atomic E-state index is 16.4. The van der Waals surface area contributed by atoms with Gasteiger partial charge in [0, 0.05) is 43.2 Å². The van der Waals surface area contributed by atoms with E-state index in [2.05, 4.69) is 63.6 Å². The highest BCUT2D eigenvalue weighted by Gasteiger charge is 2.44. The minimum atomic E-state index is -2.28. The van der Waals surface area contributed by atoms with Crippen molar-refractivity contribution in [3.8, 4) is 80.1 Å². The molecule has 7 aromatic carbocycles. The van der Waals surface area contributed by atoms with Gasteiger partial charge in [-0.15, -0.1) is 0 Å². The molecule has 6 aliphatic rings. The second kappa shape index (κ2) is 35.6. The molecule has 0 saturated heterocycles. The molecule has 31 heteroatoms. The molecule has 6 heterocycles. The second-order valence-electron chi connectivity index (χ2n) is 29.3. The average molecular weight is 1570 g/mol. The maximum absolute atomic E-state index is 16.4. The number of hydrogen-bond acceptors (Lipinski definition) is 21. The van der Waals surface area contributed by atoms with Crippen molar-refractivity contribution in [2.75, 3.05) is 60.9 Å². The number of phenolic OH excluding ortho intramolecular Hbond substituents is 6. The SMILES string of the molecule is CCCCCCCCCCC[N+](C)(C)CCCNCc1c(O)cc2c(c1O)-c1c(O)cccc1C1NC(=O)C3NC(=O)C4NC(=O)C(NC(=O)C(N)c5ccc(O)c(c5)Oc5cc(O)cc4c5)C(O)c4ccc(c(Cl)c4)Oc4cc3cc(c4O)Oc3ccc(cc3Cl)C(O)C(NC1=O)C(=O)NC2C(=O)NCCCN(C)C. The van der Waals surface area contributed by atoms with Gasteiger partial charge in [-0.3, -0.25) is 33.6 Å². The van der Waals surface area contributed by atoms with Crippen molar-refractivity contribution >= 4 is 64.6 Å². The van der Waals surface area contributed by atoms with Gasteiger partial charge < -0.3 is 113 Å². The molecule has 15 bridgehead atoms. The van der Waals surface area contributed by atoms with Gasteiger partial charge in [0.15, 0.2) is 23.0 Å². The third-order valence-corrected chi connectivity index (χ3v) is 20.8. The summed E-state index contributed by atoms with van der Waals surface area (Å²) in [4.78, 5) is 110. The van der Waals surface area contributed by atoms with Gasteiger partial charge in [-0.1, -0.05) is 105 Å². The van der Waals surface area contributed by atoms with Crippen LogP contribution in [0.2, 0.25) is 10.0 Å². The molecule has 7 aromatic rings. The summed E-state index contributed by atoms with van der Waals surface area (Å²) in [6.45, 7) is 4.58. The lowest BCUT2D eigenvalue weighted by molar-refractivity contribution is -0.890. The Balaban J connectivity index is 1.07. The first kappa shape index (κ1) is 81.4. The summed E-state index contributed by atoms with van der Waals surface area (Å²) in [7, 11) is 7.96. The van der Waals surface area contributed by atoms with Gasteiger partial charge in [0.1, 0.15) is 94.7 Å². The van der Waals surface area contributed by atoms with Crippen molar-refractivity contribution in [3.63, 3.8) is 0 Å². The molecular formula is C80H94Cl2N11O18+. The molecule has 18 N–H and O–H groups in total. The summed E-state index contributed by atoms with van der Waals surface area (Å²) in [6.07, 6.45) is 7.63. The van der Waals surface area contributed by atoms with Crippen LogP contribution in [-0.2, 0) is 40.1 Å². The lowest BCUT2D eigenvalue weighted by Crippen LogP contribution is -2.56.